The highest BCUT2D eigenvalue weighted by Gasteiger charge is 2.56. The Balaban J connectivity index is 2.12. The largest absolute Gasteiger partial charge is 0.413 e. The van der Waals surface area contributed by atoms with Gasteiger partial charge in [-0.25, -0.2) is 0 Å². The maximum atomic E-state index is 12.5. The lowest BCUT2D eigenvalue weighted by molar-refractivity contribution is -0.121. The van der Waals surface area contributed by atoms with Gasteiger partial charge >= 0.3 is 0 Å². The van der Waals surface area contributed by atoms with Gasteiger partial charge in [0.25, 0.3) is 0 Å². The molecule has 2 saturated carbocycles. The number of carbonyl (C=O) groups excluding carboxylic acids is 1. The molecular weight excluding hydrogens is 348 g/mol. The lowest BCUT2D eigenvalue weighted by Crippen LogP contribution is -2.55. The van der Waals surface area contributed by atoms with E-state index >= 15 is 0 Å². The Morgan fingerprint density at radius 1 is 1.19 bits per heavy atom. The summed E-state index contributed by atoms with van der Waals surface area (Å²) in [6.07, 6.45) is 9.13. The molecule has 3 rings (SSSR count). The molecule has 0 radical (unpaired) electrons. The van der Waals surface area contributed by atoms with Crippen LogP contribution in [0.4, 0.5) is 0 Å². The average molecular weight is 389 g/mol. The number of allylic oxidation sites excluding steroid dienone is 3. The molecule has 3 aliphatic carbocycles. The number of hydrogen-bond donors (Lipinski definition) is 0. The van der Waals surface area contributed by atoms with Crippen molar-refractivity contribution >= 4 is 14.1 Å². The third kappa shape index (κ3) is 3.66. The molecule has 27 heavy (non-hydrogen) atoms. The summed E-state index contributed by atoms with van der Waals surface area (Å²) in [6, 6.07) is 0. The predicted molar refractivity (Wildman–Crippen MR) is 116 cm³/mol. The summed E-state index contributed by atoms with van der Waals surface area (Å²) in [5, 5.41) is 0.212. The van der Waals surface area contributed by atoms with Gasteiger partial charge in [-0.1, -0.05) is 44.4 Å². The van der Waals surface area contributed by atoms with Crippen molar-refractivity contribution in [1.29, 1.82) is 0 Å². The van der Waals surface area contributed by atoms with E-state index in [4.69, 9.17) is 4.43 Å². The first-order valence-electron chi connectivity index (χ1n) is 11.0. The second-order valence-corrected chi connectivity index (χ2v) is 16.0. The van der Waals surface area contributed by atoms with Crippen LogP contribution in [0.2, 0.25) is 18.1 Å². The zero-order valence-electron chi connectivity index (χ0n) is 18.9. The molecule has 2 fully saturated rings. The normalized spacial score (nSPS) is 34.7. The Morgan fingerprint density at radius 3 is 2.41 bits per heavy atom. The lowest BCUT2D eigenvalue weighted by atomic mass is 9.57. The minimum atomic E-state index is -1.88. The molecule has 1 spiro atoms. The van der Waals surface area contributed by atoms with E-state index in [9.17, 15) is 4.79 Å². The maximum absolute atomic E-state index is 12.5. The Kier molecular flexibility index (Phi) is 5.44. The van der Waals surface area contributed by atoms with Crippen LogP contribution in [0, 0.1) is 17.3 Å². The van der Waals surface area contributed by atoms with E-state index < -0.39 is 8.32 Å². The minimum absolute atomic E-state index is 0.0505. The molecule has 2 bridgehead atoms. The maximum Gasteiger partial charge on any atom is 0.192 e. The topological polar surface area (TPSA) is 26.3 Å². The first-order chi connectivity index (χ1) is 12.4. The van der Waals surface area contributed by atoms with E-state index in [0.717, 1.165) is 19.3 Å². The van der Waals surface area contributed by atoms with Gasteiger partial charge in [0.1, 0.15) is 0 Å². The monoisotopic (exact) mass is 388 g/mol. The molecule has 4 atom stereocenters. The Labute approximate surface area is 168 Å². The van der Waals surface area contributed by atoms with Gasteiger partial charge in [-0.05, 0) is 82.5 Å². The third-order valence-corrected chi connectivity index (χ3v) is 12.6. The molecule has 3 aliphatic rings. The summed E-state index contributed by atoms with van der Waals surface area (Å²) in [5.74, 6) is 1.09. The number of ketones is 1. The lowest BCUT2D eigenvalue weighted by Gasteiger charge is -2.54. The van der Waals surface area contributed by atoms with Crippen LogP contribution < -0.4 is 0 Å². The average Bonchev–Trinajstić information content (AvgIpc) is 2.62. The fraction of sp³-hybridized carbons (Fsp3) is 0.792. The molecule has 0 saturated heterocycles. The molecule has 152 valence electrons. The van der Waals surface area contributed by atoms with Crippen molar-refractivity contribution in [3.63, 3.8) is 0 Å². The number of hydrogen-bond acceptors (Lipinski definition) is 2. The first kappa shape index (κ1) is 21.0. The molecule has 0 aromatic heterocycles. The highest BCUT2D eigenvalue weighted by molar-refractivity contribution is 6.74. The fourth-order valence-electron chi connectivity index (χ4n) is 5.34. The van der Waals surface area contributed by atoms with Crippen molar-refractivity contribution in [2.75, 3.05) is 0 Å². The third-order valence-electron chi connectivity index (χ3n) is 8.15. The van der Waals surface area contributed by atoms with E-state index in [2.05, 4.69) is 54.6 Å². The van der Waals surface area contributed by atoms with E-state index in [1.165, 1.54) is 30.4 Å². The van der Waals surface area contributed by atoms with Gasteiger partial charge in [-0.15, -0.1) is 0 Å². The summed E-state index contributed by atoms with van der Waals surface area (Å²) < 4.78 is 7.23. The molecule has 0 N–H and O–H groups in total. The zero-order valence-corrected chi connectivity index (χ0v) is 19.9. The molecule has 2 nitrogen and oxygen atoms in total. The van der Waals surface area contributed by atoms with Gasteiger partial charge in [0.15, 0.2) is 14.1 Å². The summed E-state index contributed by atoms with van der Waals surface area (Å²) in [6.45, 7) is 18.5. The number of carbonyl (C=O) groups is 1. The van der Waals surface area contributed by atoms with Gasteiger partial charge in [0, 0.05) is 11.3 Å². The second kappa shape index (κ2) is 6.98. The van der Waals surface area contributed by atoms with Crippen LogP contribution in [0.5, 0.6) is 0 Å². The van der Waals surface area contributed by atoms with Crippen LogP contribution >= 0.6 is 0 Å². The van der Waals surface area contributed by atoms with Gasteiger partial charge in [0.2, 0.25) is 0 Å². The predicted octanol–water partition coefficient (Wildman–Crippen LogP) is 6.83. The minimum Gasteiger partial charge on any atom is -0.413 e. The van der Waals surface area contributed by atoms with Crippen molar-refractivity contribution in [3.8, 4) is 0 Å². The van der Waals surface area contributed by atoms with Gasteiger partial charge < -0.3 is 4.43 Å². The molecular formula is C24H40O2Si. The summed E-state index contributed by atoms with van der Waals surface area (Å²) in [4.78, 5) is 12.5. The van der Waals surface area contributed by atoms with Crippen LogP contribution in [-0.2, 0) is 9.22 Å². The van der Waals surface area contributed by atoms with Crippen LogP contribution in [0.1, 0.15) is 80.1 Å². The van der Waals surface area contributed by atoms with Crippen molar-refractivity contribution in [1.82, 2.24) is 0 Å². The van der Waals surface area contributed by atoms with E-state index in [1.54, 1.807) is 5.57 Å². The van der Waals surface area contributed by atoms with Crippen molar-refractivity contribution < 1.29 is 9.22 Å². The number of rotatable bonds is 2. The smallest absolute Gasteiger partial charge is 0.192 e. The van der Waals surface area contributed by atoms with Crippen LogP contribution in [0.3, 0.4) is 0 Å². The van der Waals surface area contributed by atoms with E-state index in [1.807, 2.05) is 6.08 Å². The van der Waals surface area contributed by atoms with Gasteiger partial charge in [-0.3, -0.25) is 4.79 Å². The van der Waals surface area contributed by atoms with Gasteiger partial charge in [-0.2, -0.15) is 0 Å². The SMILES string of the molecule is CC(C)=C1CC[C@H]2CCC3=CC(=O)[C@H](C)C[C@@]3(C1)[C@@H]2O[Si](C)(C)C(C)(C)C. The highest BCUT2D eigenvalue weighted by Crippen LogP contribution is 2.59. The quantitative estimate of drug-likeness (QED) is 0.383. The summed E-state index contributed by atoms with van der Waals surface area (Å²) in [7, 11) is -1.88. The molecule has 0 aromatic carbocycles. The molecule has 3 heteroatoms. The molecule has 0 amide bonds. The summed E-state index contributed by atoms with van der Waals surface area (Å²) >= 11 is 0. The zero-order chi connectivity index (χ0) is 20.2. The second-order valence-electron chi connectivity index (χ2n) is 11.2. The van der Waals surface area contributed by atoms with Crippen molar-refractivity contribution in [3.05, 3.63) is 22.8 Å². The Hall–Kier alpha value is -0.673. The molecule has 0 aromatic rings. The summed E-state index contributed by atoms with van der Waals surface area (Å²) in [5.41, 5.74) is 4.56. The number of fused-ring (bicyclic) bond motifs is 1. The van der Waals surface area contributed by atoms with Crippen LogP contribution in [0.25, 0.3) is 0 Å². The highest BCUT2D eigenvalue weighted by atomic mass is 28.4. The molecule has 0 unspecified atom stereocenters. The van der Waals surface area contributed by atoms with Crippen molar-refractivity contribution in [2.45, 2.75) is 104 Å². The van der Waals surface area contributed by atoms with E-state index in [0.29, 0.717) is 11.7 Å². The fourth-order valence-corrected chi connectivity index (χ4v) is 6.75. The molecule has 0 heterocycles. The van der Waals surface area contributed by atoms with Crippen LogP contribution in [0.15, 0.2) is 22.8 Å². The Morgan fingerprint density at radius 2 is 1.81 bits per heavy atom. The first-order valence-corrected chi connectivity index (χ1v) is 13.9. The Bertz CT molecular complexity index is 675. The molecule has 0 aliphatic heterocycles. The van der Waals surface area contributed by atoms with E-state index in [-0.39, 0.29) is 22.5 Å². The van der Waals surface area contributed by atoms with Gasteiger partial charge in [0.05, 0.1) is 6.10 Å². The van der Waals surface area contributed by atoms with Crippen LogP contribution in [-0.4, -0.2) is 20.2 Å². The van der Waals surface area contributed by atoms with Crippen molar-refractivity contribution in [2.24, 2.45) is 17.3 Å². The standard InChI is InChI=1S/C24H40O2Si/c1-16(2)19-10-9-18-11-12-20-13-21(25)17(3)14-24(20,15-19)22(18)26-27(7,8)23(4,5)6/h13,17-18,22H,9-12,14-15H2,1-8H3/t17-,18+,22-,24+/m1/s1.